The zero-order valence-electron chi connectivity index (χ0n) is 15.2. The Balaban J connectivity index is 1.81. The van der Waals surface area contributed by atoms with E-state index in [9.17, 15) is 13.2 Å². The van der Waals surface area contributed by atoms with Crippen molar-refractivity contribution in [1.29, 1.82) is 0 Å². The van der Waals surface area contributed by atoms with E-state index >= 15 is 0 Å². The number of halogens is 1. The minimum atomic E-state index is -3.89. The molecule has 0 unspecified atom stereocenters. The van der Waals surface area contributed by atoms with Crippen LogP contribution in [0.15, 0.2) is 77.7 Å². The maximum Gasteiger partial charge on any atom is 0.265 e. The molecule has 0 N–H and O–H groups in total. The zero-order chi connectivity index (χ0) is 19.9. The molecule has 0 saturated heterocycles. The first-order valence-corrected chi connectivity index (χ1v) is 10.7. The molecule has 4 nitrogen and oxygen atoms in total. The standard InChI is InChI=1S/C22H18ClNO3S/c1-15-6-12-19(13-7-15)28(26,27)24-20-5-3-2-4-17(20)14-21(24)22(25)16-8-10-18(23)11-9-16/h2-13,21H,14H2,1H3/t21-/m1/s1. The molecular formula is C22H18ClNO3S. The van der Waals surface area contributed by atoms with Crippen molar-refractivity contribution in [1.82, 2.24) is 0 Å². The Morgan fingerprint density at radius 3 is 2.29 bits per heavy atom. The molecule has 6 heteroatoms. The van der Waals surface area contributed by atoms with Gasteiger partial charge in [-0.25, -0.2) is 8.42 Å². The van der Waals surface area contributed by atoms with Crippen molar-refractivity contribution >= 4 is 33.1 Å². The van der Waals surface area contributed by atoms with Crippen LogP contribution in [-0.2, 0) is 16.4 Å². The summed E-state index contributed by atoms with van der Waals surface area (Å²) in [6.07, 6.45) is 0.336. The predicted molar refractivity (Wildman–Crippen MR) is 111 cm³/mol. The number of aryl methyl sites for hydroxylation is 1. The van der Waals surface area contributed by atoms with Crippen LogP contribution in [0.25, 0.3) is 0 Å². The van der Waals surface area contributed by atoms with Crippen LogP contribution in [0.5, 0.6) is 0 Å². The first kappa shape index (κ1) is 18.7. The van der Waals surface area contributed by atoms with E-state index in [-0.39, 0.29) is 10.7 Å². The molecule has 0 spiro atoms. The van der Waals surface area contributed by atoms with Gasteiger partial charge in [-0.3, -0.25) is 9.10 Å². The second-order valence-electron chi connectivity index (χ2n) is 6.83. The number of rotatable bonds is 4. The molecule has 28 heavy (non-hydrogen) atoms. The van der Waals surface area contributed by atoms with Crippen molar-refractivity contribution in [2.24, 2.45) is 0 Å². The average Bonchev–Trinajstić information content (AvgIpc) is 3.09. The van der Waals surface area contributed by atoms with Crippen molar-refractivity contribution in [3.8, 4) is 0 Å². The SMILES string of the molecule is Cc1ccc(S(=O)(=O)N2c3ccccc3C[C@@H]2C(=O)c2ccc(Cl)cc2)cc1. The number of benzene rings is 3. The first-order valence-electron chi connectivity index (χ1n) is 8.87. The van der Waals surface area contributed by atoms with E-state index in [1.807, 2.05) is 19.1 Å². The molecular weight excluding hydrogens is 394 g/mol. The number of fused-ring (bicyclic) bond motifs is 1. The third-order valence-corrected chi connectivity index (χ3v) is 7.02. The topological polar surface area (TPSA) is 54.5 Å². The number of hydrogen-bond donors (Lipinski definition) is 0. The van der Waals surface area contributed by atoms with Crippen molar-refractivity contribution in [2.45, 2.75) is 24.3 Å². The second kappa shape index (κ2) is 7.08. The molecule has 0 amide bonds. The summed E-state index contributed by atoms with van der Waals surface area (Å²) in [4.78, 5) is 13.4. The predicted octanol–water partition coefficient (Wildman–Crippen LogP) is 4.65. The van der Waals surface area contributed by atoms with Crippen LogP contribution in [0.2, 0.25) is 5.02 Å². The molecule has 1 atom stereocenters. The summed E-state index contributed by atoms with van der Waals surface area (Å²) >= 11 is 5.93. The monoisotopic (exact) mass is 411 g/mol. The van der Waals surface area contributed by atoms with Gasteiger partial charge in [-0.05, 0) is 55.0 Å². The molecule has 0 aliphatic carbocycles. The minimum Gasteiger partial charge on any atom is -0.292 e. The number of hydrogen-bond acceptors (Lipinski definition) is 3. The summed E-state index contributed by atoms with van der Waals surface area (Å²) in [5.41, 5.74) is 2.79. The molecule has 1 aliphatic heterocycles. The number of carbonyl (C=O) groups is 1. The third kappa shape index (κ3) is 3.21. The van der Waals surface area contributed by atoms with Crippen LogP contribution in [0.1, 0.15) is 21.5 Å². The van der Waals surface area contributed by atoms with E-state index in [0.717, 1.165) is 11.1 Å². The maximum absolute atomic E-state index is 13.5. The van der Waals surface area contributed by atoms with E-state index in [2.05, 4.69) is 0 Å². The zero-order valence-corrected chi connectivity index (χ0v) is 16.7. The highest BCUT2D eigenvalue weighted by molar-refractivity contribution is 7.93. The molecule has 0 bridgehead atoms. The number of para-hydroxylation sites is 1. The number of carbonyl (C=O) groups excluding carboxylic acids is 1. The van der Waals surface area contributed by atoms with Crippen molar-refractivity contribution in [3.63, 3.8) is 0 Å². The molecule has 3 aromatic carbocycles. The highest BCUT2D eigenvalue weighted by atomic mass is 35.5. The lowest BCUT2D eigenvalue weighted by Crippen LogP contribution is -2.42. The van der Waals surface area contributed by atoms with E-state index in [4.69, 9.17) is 11.6 Å². The van der Waals surface area contributed by atoms with Crippen LogP contribution in [0.3, 0.4) is 0 Å². The summed E-state index contributed by atoms with van der Waals surface area (Å²) in [6, 6.07) is 19.6. The van der Waals surface area contributed by atoms with Gasteiger partial charge >= 0.3 is 0 Å². The van der Waals surface area contributed by atoms with Gasteiger partial charge in [0, 0.05) is 17.0 Å². The largest absolute Gasteiger partial charge is 0.292 e. The minimum absolute atomic E-state index is 0.170. The molecule has 0 fully saturated rings. The molecule has 0 saturated carbocycles. The second-order valence-corrected chi connectivity index (χ2v) is 9.09. The van der Waals surface area contributed by atoms with Gasteiger partial charge < -0.3 is 0 Å². The quantitative estimate of drug-likeness (QED) is 0.587. The lowest BCUT2D eigenvalue weighted by atomic mass is 10.0. The Labute approximate surface area is 169 Å². The fraction of sp³-hybridized carbons (Fsp3) is 0.136. The Kier molecular flexibility index (Phi) is 4.73. The lowest BCUT2D eigenvalue weighted by molar-refractivity contribution is 0.0966. The third-order valence-electron chi connectivity index (χ3n) is 4.93. The van der Waals surface area contributed by atoms with Gasteiger partial charge in [0.1, 0.15) is 6.04 Å². The molecule has 1 aliphatic rings. The van der Waals surface area contributed by atoms with Crippen LogP contribution >= 0.6 is 11.6 Å². The first-order chi connectivity index (χ1) is 13.4. The van der Waals surface area contributed by atoms with Gasteiger partial charge in [0.25, 0.3) is 10.0 Å². The number of nitrogens with zero attached hydrogens (tertiary/aromatic N) is 1. The normalized spacial score (nSPS) is 16.1. The number of anilines is 1. The van der Waals surface area contributed by atoms with Crippen molar-refractivity contribution in [3.05, 3.63) is 94.5 Å². The van der Waals surface area contributed by atoms with E-state index in [1.165, 1.54) is 4.31 Å². The van der Waals surface area contributed by atoms with Crippen LogP contribution < -0.4 is 4.31 Å². The molecule has 0 radical (unpaired) electrons. The Morgan fingerprint density at radius 1 is 0.964 bits per heavy atom. The Hall–Kier alpha value is -2.63. The van der Waals surface area contributed by atoms with Crippen LogP contribution in [0.4, 0.5) is 5.69 Å². The molecule has 4 rings (SSSR count). The average molecular weight is 412 g/mol. The lowest BCUT2D eigenvalue weighted by Gasteiger charge is -2.26. The highest BCUT2D eigenvalue weighted by Crippen LogP contribution is 2.38. The summed E-state index contributed by atoms with van der Waals surface area (Å²) in [5.74, 6) is -0.247. The van der Waals surface area contributed by atoms with Crippen molar-refractivity contribution in [2.75, 3.05) is 4.31 Å². The number of sulfonamides is 1. The van der Waals surface area contributed by atoms with Crippen molar-refractivity contribution < 1.29 is 13.2 Å². The number of Topliss-reactive ketones (excluding diaryl/α,β-unsaturated/α-hetero) is 1. The molecule has 142 valence electrons. The Morgan fingerprint density at radius 2 is 1.61 bits per heavy atom. The van der Waals surface area contributed by atoms with E-state index in [1.54, 1.807) is 60.7 Å². The Bertz CT molecular complexity index is 1140. The molecule has 0 aromatic heterocycles. The van der Waals surface area contributed by atoms with Gasteiger partial charge in [-0.1, -0.05) is 47.5 Å². The van der Waals surface area contributed by atoms with Gasteiger partial charge in [0.2, 0.25) is 0 Å². The van der Waals surface area contributed by atoms with Crippen LogP contribution in [-0.4, -0.2) is 20.2 Å². The molecule has 3 aromatic rings. The fourth-order valence-electron chi connectivity index (χ4n) is 3.48. The van der Waals surface area contributed by atoms with Crippen LogP contribution in [0, 0.1) is 6.92 Å². The summed E-state index contributed by atoms with van der Waals surface area (Å²) in [6.45, 7) is 1.90. The summed E-state index contributed by atoms with van der Waals surface area (Å²) < 4.78 is 28.2. The molecule has 1 heterocycles. The summed E-state index contributed by atoms with van der Waals surface area (Å²) in [7, 11) is -3.89. The fourth-order valence-corrected chi connectivity index (χ4v) is 5.26. The smallest absolute Gasteiger partial charge is 0.265 e. The highest BCUT2D eigenvalue weighted by Gasteiger charge is 2.42. The van der Waals surface area contributed by atoms with Gasteiger partial charge in [0.15, 0.2) is 5.78 Å². The van der Waals surface area contributed by atoms with Gasteiger partial charge in [-0.15, -0.1) is 0 Å². The number of ketones is 1. The maximum atomic E-state index is 13.5. The summed E-state index contributed by atoms with van der Waals surface area (Å²) in [5, 5.41) is 0.524. The van der Waals surface area contributed by atoms with Gasteiger partial charge in [0.05, 0.1) is 10.6 Å². The van der Waals surface area contributed by atoms with Gasteiger partial charge in [-0.2, -0.15) is 0 Å². The van der Waals surface area contributed by atoms with E-state index in [0.29, 0.717) is 22.7 Å². The van der Waals surface area contributed by atoms with E-state index < -0.39 is 16.1 Å².